The van der Waals surface area contributed by atoms with Crippen molar-refractivity contribution in [1.82, 2.24) is 9.55 Å². The Morgan fingerprint density at radius 3 is 2.58 bits per heavy atom. The summed E-state index contributed by atoms with van der Waals surface area (Å²) in [6.45, 7) is 1.86. The predicted octanol–water partition coefficient (Wildman–Crippen LogP) is 3.92. The number of amides is 2. The lowest BCUT2D eigenvalue weighted by atomic mass is 10.2. The van der Waals surface area contributed by atoms with Crippen LogP contribution in [-0.2, 0) is 17.8 Å². The van der Waals surface area contributed by atoms with Crippen LogP contribution >= 0.6 is 11.3 Å². The van der Waals surface area contributed by atoms with E-state index in [4.69, 9.17) is 4.74 Å². The molecule has 9 heteroatoms. The first-order valence-electron chi connectivity index (χ1n) is 10.3. The second kappa shape index (κ2) is 9.66. The van der Waals surface area contributed by atoms with Crippen molar-refractivity contribution < 1.29 is 14.3 Å². The van der Waals surface area contributed by atoms with Crippen LogP contribution in [0.3, 0.4) is 0 Å². The molecule has 0 atom stereocenters. The van der Waals surface area contributed by atoms with Gasteiger partial charge in [-0.3, -0.25) is 19.0 Å². The fourth-order valence-electron chi connectivity index (χ4n) is 3.30. The van der Waals surface area contributed by atoms with Gasteiger partial charge in [0.25, 0.3) is 11.5 Å². The van der Waals surface area contributed by atoms with Crippen LogP contribution in [0.25, 0.3) is 10.2 Å². The number of methoxy groups -OCH3 is 1. The van der Waals surface area contributed by atoms with Crippen molar-refractivity contribution in [2.24, 2.45) is 0 Å². The summed E-state index contributed by atoms with van der Waals surface area (Å²) in [7, 11) is 1.54. The smallest absolute Gasteiger partial charge is 0.262 e. The Hall–Kier alpha value is -3.98. The molecule has 0 saturated heterocycles. The van der Waals surface area contributed by atoms with Crippen molar-refractivity contribution in [2.75, 3.05) is 17.7 Å². The molecule has 33 heavy (non-hydrogen) atoms. The fraction of sp³-hybridized carbons (Fsp3) is 0.167. The van der Waals surface area contributed by atoms with Gasteiger partial charge in [0.15, 0.2) is 0 Å². The number of carbonyl (C=O) groups is 2. The number of fused-ring (bicyclic) bond motifs is 1. The van der Waals surface area contributed by atoms with E-state index in [0.29, 0.717) is 32.9 Å². The summed E-state index contributed by atoms with van der Waals surface area (Å²) in [5, 5.41) is 6.07. The predicted molar refractivity (Wildman–Crippen MR) is 129 cm³/mol. The first kappa shape index (κ1) is 22.2. The van der Waals surface area contributed by atoms with Gasteiger partial charge in [0, 0.05) is 16.1 Å². The van der Waals surface area contributed by atoms with Gasteiger partial charge in [-0.1, -0.05) is 19.1 Å². The Labute approximate surface area is 193 Å². The highest BCUT2D eigenvalue weighted by atomic mass is 32.1. The van der Waals surface area contributed by atoms with Crippen LogP contribution in [0, 0.1) is 0 Å². The summed E-state index contributed by atoms with van der Waals surface area (Å²) < 4.78 is 6.53. The average molecular weight is 463 g/mol. The molecular formula is C24H22N4O4S. The number of ether oxygens (including phenoxy) is 1. The fourth-order valence-corrected chi connectivity index (χ4v) is 4.22. The second-order valence-electron chi connectivity index (χ2n) is 7.24. The third-order valence-electron chi connectivity index (χ3n) is 5.02. The lowest BCUT2D eigenvalue weighted by Gasteiger charge is -2.10. The highest BCUT2D eigenvalue weighted by molar-refractivity contribution is 7.18. The van der Waals surface area contributed by atoms with Crippen molar-refractivity contribution >= 4 is 44.7 Å². The van der Waals surface area contributed by atoms with Gasteiger partial charge in [0.2, 0.25) is 5.91 Å². The second-order valence-corrected chi connectivity index (χ2v) is 8.36. The first-order valence-corrected chi connectivity index (χ1v) is 11.1. The van der Waals surface area contributed by atoms with E-state index in [-0.39, 0.29) is 23.9 Å². The molecular weight excluding hydrogens is 440 g/mol. The highest BCUT2D eigenvalue weighted by Crippen LogP contribution is 2.24. The van der Waals surface area contributed by atoms with Crippen molar-refractivity contribution in [1.29, 1.82) is 0 Å². The number of aromatic nitrogens is 2. The van der Waals surface area contributed by atoms with Crippen LogP contribution in [0.2, 0.25) is 0 Å². The molecule has 0 unspecified atom stereocenters. The molecule has 0 fully saturated rings. The van der Waals surface area contributed by atoms with Gasteiger partial charge in [-0.2, -0.15) is 0 Å². The molecule has 2 amide bonds. The quantitative estimate of drug-likeness (QED) is 0.433. The van der Waals surface area contributed by atoms with Crippen LogP contribution in [0.4, 0.5) is 11.4 Å². The molecule has 0 saturated carbocycles. The van der Waals surface area contributed by atoms with Crippen LogP contribution in [-0.4, -0.2) is 28.5 Å². The third kappa shape index (κ3) is 4.93. The highest BCUT2D eigenvalue weighted by Gasteiger charge is 2.12. The summed E-state index contributed by atoms with van der Waals surface area (Å²) in [6, 6.07) is 15.4. The molecule has 0 spiro atoms. The van der Waals surface area contributed by atoms with Gasteiger partial charge in [0.05, 0.1) is 24.5 Å². The van der Waals surface area contributed by atoms with Gasteiger partial charge in [-0.05, 0) is 48.9 Å². The molecule has 2 heterocycles. The summed E-state index contributed by atoms with van der Waals surface area (Å²) in [4.78, 5) is 43.7. The lowest BCUT2D eigenvalue weighted by molar-refractivity contribution is -0.116. The number of hydrogen-bond donors (Lipinski definition) is 2. The average Bonchev–Trinajstić information content (AvgIpc) is 3.26. The van der Waals surface area contributed by atoms with Gasteiger partial charge in [0.1, 0.15) is 17.1 Å². The van der Waals surface area contributed by atoms with E-state index < -0.39 is 0 Å². The van der Waals surface area contributed by atoms with Crippen LogP contribution in [0.5, 0.6) is 5.75 Å². The topological polar surface area (TPSA) is 102 Å². The number of nitrogens with one attached hydrogen (secondary N) is 2. The van der Waals surface area contributed by atoms with E-state index in [1.807, 2.05) is 19.1 Å². The maximum Gasteiger partial charge on any atom is 0.262 e. The van der Waals surface area contributed by atoms with Crippen molar-refractivity contribution in [2.45, 2.75) is 19.9 Å². The zero-order valence-electron chi connectivity index (χ0n) is 18.1. The zero-order valence-corrected chi connectivity index (χ0v) is 18.9. The Morgan fingerprint density at radius 1 is 1.09 bits per heavy atom. The van der Waals surface area contributed by atoms with Crippen molar-refractivity contribution in [3.8, 4) is 5.75 Å². The molecule has 4 rings (SSSR count). The number of para-hydroxylation sites is 2. The number of carbonyl (C=O) groups excluding carboxylic acids is 2. The van der Waals surface area contributed by atoms with Gasteiger partial charge in [-0.15, -0.1) is 11.3 Å². The van der Waals surface area contributed by atoms with Crippen LogP contribution in [0.15, 0.2) is 65.7 Å². The lowest BCUT2D eigenvalue weighted by Crippen LogP contribution is -2.27. The van der Waals surface area contributed by atoms with E-state index in [2.05, 4.69) is 15.6 Å². The molecule has 168 valence electrons. The number of benzene rings is 2. The number of aryl methyl sites for hydroxylation is 1. The number of anilines is 2. The maximum atomic E-state index is 12.7. The summed E-state index contributed by atoms with van der Waals surface area (Å²) in [6.07, 6.45) is 2.22. The van der Waals surface area contributed by atoms with Crippen molar-refractivity contribution in [3.63, 3.8) is 0 Å². The molecule has 8 nitrogen and oxygen atoms in total. The van der Waals surface area contributed by atoms with E-state index in [9.17, 15) is 14.4 Å². The third-order valence-corrected chi connectivity index (χ3v) is 6.20. The van der Waals surface area contributed by atoms with E-state index in [0.717, 1.165) is 11.3 Å². The molecule has 0 bridgehead atoms. The molecule has 0 radical (unpaired) electrons. The number of hydrogen-bond acceptors (Lipinski definition) is 6. The Morgan fingerprint density at radius 2 is 1.85 bits per heavy atom. The molecule has 0 aliphatic rings. The Balaban J connectivity index is 1.41. The molecule has 2 aromatic carbocycles. The largest absolute Gasteiger partial charge is 0.495 e. The van der Waals surface area contributed by atoms with Crippen LogP contribution < -0.4 is 20.9 Å². The Kier molecular flexibility index (Phi) is 6.50. The van der Waals surface area contributed by atoms with Crippen LogP contribution in [0.1, 0.15) is 22.2 Å². The molecule has 2 N–H and O–H groups in total. The first-order chi connectivity index (χ1) is 16.0. The minimum atomic E-state index is -0.365. The number of nitrogens with zero attached hydrogens (tertiary/aromatic N) is 2. The monoisotopic (exact) mass is 462 g/mol. The van der Waals surface area contributed by atoms with E-state index in [1.54, 1.807) is 42.5 Å². The summed E-state index contributed by atoms with van der Waals surface area (Å²) >= 11 is 1.48. The Bertz CT molecular complexity index is 1380. The SMILES string of the molecule is CCc1cc2c(=O)n(CC(=O)Nc3ccc(C(=O)Nc4ccccc4OC)cc3)cnc2s1. The molecule has 4 aromatic rings. The summed E-state index contributed by atoms with van der Waals surface area (Å²) in [5.74, 6) is -0.105. The van der Waals surface area contributed by atoms with Gasteiger partial charge < -0.3 is 15.4 Å². The van der Waals surface area contributed by atoms with Crippen molar-refractivity contribution in [3.05, 3.63) is 81.7 Å². The molecule has 2 aromatic heterocycles. The van der Waals surface area contributed by atoms with Gasteiger partial charge in [-0.25, -0.2) is 4.98 Å². The standard InChI is InChI=1S/C24H22N4O4S/c1-3-17-12-18-23(33-17)25-14-28(24(18)31)13-21(29)26-16-10-8-15(9-11-16)22(30)27-19-6-4-5-7-20(19)32-2/h4-12,14H,3,13H2,1-2H3,(H,26,29)(H,27,30). The minimum Gasteiger partial charge on any atom is -0.495 e. The van der Waals surface area contributed by atoms with E-state index >= 15 is 0 Å². The number of rotatable bonds is 7. The molecule has 0 aliphatic carbocycles. The normalized spacial score (nSPS) is 10.7. The minimum absolute atomic E-state index is 0.158. The maximum absolute atomic E-state index is 12.7. The summed E-state index contributed by atoms with van der Waals surface area (Å²) in [5.41, 5.74) is 1.26. The van der Waals surface area contributed by atoms with E-state index in [1.165, 1.54) is 29.3 Å². The molecule has 0 aliphatic heterocycles. The van der Waals surface area contributed by atoms with Gasteiger partial charge >= 0.3 is 0 Å². The number of thiophene rings is 1. The zero-order chi connectivity index (χ0) is 23.4.